The minimum absolute atomic E-state index is 0.184. The third-order valence-electron chi connectivity index (χ3n) is 3.04. The lowest BCUT2D eigenvalue weighted by Crippen LogP contribution is -2.16. The Bertz CT molecular complexity index is 729. The van der Waals surface area contributed by atoms with E-state index in [4.69, 9.17) is 0 Å². The van der Waals surface area contributed by atoms with Crippen LogP contribution >= 0.6 is 0 Å². The maximum Gasteiger partial charge on any atom is 0.185 e. The van der Waals surface area contributed by atoms with Crippen molar-refractivity contribution in [3.63, 3.8) is 0 Å². The molecule has 20 heavy (non-hydrogen) atoms. The predicted molar refractivity (Wildman–Crippen MR) is 78.7 cm³/mol. The summed E-state index contributed by atoms with van der Waals surface area (Å²) in [4.78, 5) is 12.3. The zero-order valence-corrected chi connectivity index (χ0v) is 12.3. The van der Waals surface area contributed by atoms with Gasteiger partial charge in [-0.2, -0.15) is 0 Å². The van der Waals surface area contributed by atoms with Crippen LogP contribution in [0.25, 0.3) is 0 Å². The van der Waals surface area contributed by atoms with Crippen molar-refractivity contribution in [2.45, 2.75) is 18.7 Å². The Labute approximate surface area is 119 Å². The number of benzene rings is 2. The average molecular weight is 288 g/mol. The number of Topliss-reactive ketones (excluding diaryl/α,β-unsaturated/α-hetero) is 1. The highest BCUT2D eigenvalue weighted by Crippen LogP contribution is 2.14. The van der Waals surface area contributed by atoms with Gasteiger partial charge >= 0.3 is 0 Å². The van der Waals surface area contributed by atoms with Gasteiger partial charge in [-0.3, -0.25) is 4.79 Å². The van der Waals surface area contributed by atoms with Crippen LogP contribution in [0.5, 0.6) is 0 Å². The van der Waals surface area contributed by atoms with Crippen LogP contribution in [0.2, 0.25) is 0 Å². The van der Waals surface area contributed by atoms with E-state index in [-0.39, 0.29) is 10.7 Å². The third kappa shape index (κ3) is 3.33. The van der Waals surface area contributed by atoms with Crippen LogP contribution in [0.3, 0.4) is 0 Å². The summed E-state index contributed by atoms with van der Waals surface area (Å²) < 4.78 is 24.4. The van der Waals surface area contributed by atoms with Crippen LogP contribution in [0.1, 0.15) is 21.5 Å². The number of ketones is 1. The van der Waals surface area contributed by atoms with Gasteiger partial charge in [-0.05, 0) is 32.0 Å². The second-order valence-electron chi connectivity index (χ2n) is 4.86. The number of carbonyl (C=O) groups excluding carboxylic acids is 1. The van der Waals surface area contributed by atoms with Gasteiger partial charge in [0.2, 0.25) is 0 Å². The molecule has 3 nitrogen and oxygen atoms in total. The normalized spacial score (nSPS) is 11.3. The van der Waals surface area contributed by atoms with Crippen molar-refractivity contribution in [2.75, 3.05) is 5.75 Å². The van der Waals surface area contributed by atoms with E-state index in [1.807, 2.05) is 19.9 Å². The molecular formula is C16H16O3S. The highest BCUT2D eigenvalue weighted by molar-refractivity contribution is 7.92. The van der Waals surface area contributed by atoms with Gasteiger partial charge in [-0.1, -0.05) is 41.5 Å². The van der Waals surface area contributed by atoms with E-state index in [0.717, 1.165) is 11.1 Å². The molecular weight excluding hydrogens is 272 g/mol. The first-order valence-electron chi connectivity index (χ1n) is 6.28. The Morgan fingerprint density at radius 3 is 2.20 bits per heavy atom. The molecule has 0 bridgehead atoms. The first kappa shape index (κ1) is 14.5. The van der Waals surface area contributed by atoms with Crippen LogP contribution < -0.4 is 0 Å². The van der Waals surface area contributed by atoms with E-state index in [9.17, 15) is 13.2 Å². The highest BCUT2D eigenvalue weighted by atomic mass is 32.2. The Balaban J connectivity index is 2.24. The maximum atomic E-state index is 12.2. The molecule has 0 aliphatic carbocycles. The Kier molecular flexibility index (Phi) is 4.04. The summed E-state index contributed by atoms with van der Waals surface area (Å²) in [6.07, 6.45) is 0. The Morgan fingerprint density at radius 2 is 1.60 bits per heavy atom. The standard InChI is InChI=1S/C16H16O3S/c1-12-6-8-15(9-7-12)20(18,19)11-16(17)14-5-3-4-13(2)10-14/h3-10H,11H2,1-2H3. The molecule has 0 N–H and O–H groups in total. The zero-order chi connectivity index (χ0) is 14.8. The molecule has 0 aromatic heterocycles. The van der Waals surface area contributed by atoms with Crippen molar-refractivity contribution in [2.24, 2.45) is 0 Å². The molecule has 0 amide bonds. The highest BCUT2D eigenvalue weighted by Gasteiger charge is 2.20. The van der Waals surface area contributed by atoms with Crippen molar-refractivity contribution in [1.29, 1.82) is 0 Å². The molecule has 0 aliphatic heterocycles. The summed E-state index contributed by atoms with van der Waals surface area (Å²) >= 11 is 0. The number of sulfone groups is 1. The minimum atomic E-state index is -3.59. The molecule has 0 spiro atoms. The van der Waals surface area contributed by atoms with Crippen molar-refractivity contribution < 1.29 is 13.2 Å². The molecule has 0 fully saturated rings. The molecule has 0 heterocycles. The Hall–Kier alpha value is -1.94. The van der Waals surface area contributed by atoms with Gasteiger partial charge in [-0.15, -0.1) is 0 Å². The molecule has 0 unspecified atom stereocenters. The lowest BCUT2D eigenvalue weighted by Gasteiger charge is -2.05. The first-order chi connectivity index (χ1) is 9.38. The molecule has 0 aliphatic rings. The molecule has 0 radical (unpaired) electrons. The van der Waals surface area contributed by atoms with Crippen molar-refractivity contribution in [3.05, 3.63) is 65.2 Å². The van der Waals surface area contributed by atoms with E-state index in [1.165, 1.54) is 12.1 Å². The summed E-state index contributed by atoms with van der Waals surface area (Å²) in [6.45, 7) is 3.75. The summed E-state index contributed by atoms with van der Waals surface area (Å²) in [5.41, 5.74) is 2.35. The number of hydrogen-bond donors (Lipinski definition) is 0. The van der Waals surface area contributed by atoms with Crippen LogP contribution in [0.4, 0.5) is 0 Å². The first-order valence-corrected chi connectivity index (χ1v) is 7.93. The number of aryl methyl sites for hydroxylation is 2. The molecule has 4 heteroatoms. The van der Waals surface area contributed by atoms with E-state index in [2.05, 4.69) is 0 Å². The lowest BCUT2D eigenvalue weighted by molar-refractivity contribution is 0.102. The van der Waals surface area contributed by atoms with Crippen LogP contribution in [-0.2, 0) is 9.84 Å². The fraction of sp³-hybridized carbons (Fsp3) is 0.188. The fourth-order valence-corrected chi connectivity index (χ4v) is 3.13. The molecule has 0 atom stereocenters. The van der Waals surface area contributed by atoms with E-state index in [0.29, 0.717) is 5.56 Å². The summed E-state index contributed by atoms with van der Waals surface area (Å²) in [7, 11) is -3.59. The number of hydrogen-bond acceptors (Lipinski definition) is 3. The number of carbonyl (C=O) groups is 1. The summed E-state index contributed by atoms with van der Waals surface area (Å²) in [5, 5.41) is 0. The van der Waals surface area contributed by atoms with Crippen molar-refractivity contribution in [1.82, 2.24) is 0 Å². The van der Waals surface area contributed by atoms with E-state index < -0.39 is 15.6 Å². The second-order valence-corrected chi connectivity index (χ2v) is 6.85. The van der Waals surface area contributed by atoms with Crippen LogP contribution in [-0.4, -0.2) is 20.0 Å². The zero-order valence-electron chi connectivity index (χ0n) is 11.5. The van der Waals surface area contributed by atoms with Gasteiger partial charge in [-0.25, -0.2) is 8.42 Å². The van der Waals surface area contributed by atoms with Crippen molar-refractivity contribution in [3.8, 4) is 0 Å². The van der Waals surface area contributed by atoms with Gasteiger partial charge in [0.1, 0.15) is 5.75 Å². The SMILES string of the molecule is Cc1ccc(S(=O)(=O)CC(=O)c2cccc(C)c2)cc1. The molecule has 2 rings (SSSR count). The smallest absolute Gasteiger partial charge is 0.185 e. The van der Waals surface area contributed by atoms with Gasteiger partial charge in [0.25, 0.3) is 0 Å². The summed E-state index contributed by atoms with van der Waals surface area (Å²) in [5.74, 6) is -0.881. The predicted octanol–water partition coefficient (Wildman–Crippen LogP) is 2.96. The molecule has 0 saturated heterocycles. The van der Waals surface area contributed by atoms with Gasteiger partial charge in [0, 0.05) is 5.56 Å². The summed E-state index contributed by atoms with van der Waals surface area (Å²) in [6, 6.07) is 13.5. The molecule has 0 saturated carbocycles. The van der Waals surface area contributed by atoms with Crippen LogP contribution in [0.15, 0.2) is 53.4 Å². The van der Waals surface area contributed by atoms with Gasteiger partial charge < -0.3 is 0 Å². The third-order valence-corrected chi connectivity index (χ3v) is 4.67. The average Bonchev–Trinajstić information content (AvgIpc) is 2.38. The molecule has 2 aromatic carbocycles. The van der Waals surface area contributed by atoms with E-state index >= 15 is 0 Å². The quantitative estimate of drug-likeness (QED) is 0.813. The second kappa shape index (κ2) is 5.59. The monoisotopic (exact) mass is 288 g/mol. The molecule has 2 aromatic rings. The Morgan fingerprint density at radius 1 is 0.950 bits per heavy atom. The lowest BCUT2D eigenvalue weighted by atomic mass is 10.1. The maximum absolute atomic E-state index is 12.2. The minimum Gasteiger partial charge on any atom is -0.293 e. The van der Waals surface area contributed by atoms with E-state index in [1.54, 1.807) is 30.3 Å². The van der Waals surface area contributed by atoms with Crippen LogP contribution in [0, 0.1) is 13.8 Å². The number of rotatable bonds is 4. The topological polar surface area (TPSA) is 51.2 Å². The van der Waals surface area contributed by atoms with Gasteiger partial charge in [0.15, 0.2) is 15.6 Å². The fourth-order valence-electron chi connectivity index (χ4n) is 1.90. The molecule has 104 valence electrons. The van der Waals surface area contributed by atoms with Gasteiger partial charge in [0.05, 0.1) is 4.90 Å². The van der Waals surface area contributed by atoms with Crippen molar-refractivity contribution >= 4 is 15.6 Å². The largest absolute Gasteiger partial charge is 0.293 e.